The first-order chi connectivity index (χ1) is 31.2. The van der Waals surface area contributed by atoms with Gasteiger partial charge < -0.3 is 23.1 Å². The van der Waals surface area contributed by atoms with Crippen molar-refractivity contribution in [3.8, 4) is 34.0 Å². The van der Waals surface area contributed by atoms with Crippen LogP contribution in [0.2, 0.25) is 0 Å². The smallest absolute Gasteiger partial charge is 0.146 e. The maximum Gasteiger partial charge on any atom is 0.146 e. The second-order valence-corrected chi connectivity index (χ2v) is 15.7. The standard InChI is InChI=1S/C58H38N2O3/c1-6-16-39(17-7-1)53-35-42-34-49-50-36-54(40-26-30-47(31-27-40)59(43-18-8-2-9-19-43)44-20-10-3-11-21-44)62-57(50)52-38-55(63-58(52)51(49)37-56(42)61-53)41-28-32-48(33-29-41)60(45-22-12-4-13-23-45)46-24-14-5-15-25-46/h1-38H. The van der Waals surface area contributed by atoms with E-state index in [-0.39, 0.29) is 0 Å². The molecule has 3 aromatic heterocycles. The number of anilines is 6. The average Bonchev–Trinajstić information content (AvgIpc) is 4.12. The molecule has 0 aliphatic carbocycles. The van der Waals surface area contributed by atoms with Crippen LogP contribution in [0.15, 0.2) is 244 Å². The topological polar surface area (TPSA) is 45.9 Å². The molecule has 0 saturated heterocycles. The summed E-state index contributed by atoms with van der Waals surface area (Å²) in [6.45, 7) is 0. The summed E-state index contributed by atoms with van der Waals surface area (Å²) >= 11 is 0. The molecule has 63 heavy (non-hydrogen) atoms. The summed E-state index contributed by atoms with van der Waals surface area (Å²) in [6.07, 6.45) is 0. The highest BCUT2D eigenvalue weighted by Gasteiger charge is 2.22. The number of hydrogen-bond acceptors (Lipinski definition) is 5. The van der Waals surface area contributed by atoms with Crippen molar-refractivity contribution < 1.29 is 13.3 Å². The highest BCUT2D eigenvalue weighted by molar-refractivity contribution is 6.25. The molecule has 0 aliphatic rings. The Morgan fingerprint density at radius 2 is 0.603 bits per heavy atom. The molecule has 3 heterocycles. The van der Waals surface area contributed by atoms with E-state index in [2.05, 4.69) is 198 Å². The normalized spacial score (nSPS) is 11.5. The average molecular weight is 811 g/mol. The number of furan rings is 3. The third-order valence-corrected chi connectivity index (χ3v) is 11.8. The van der Waals surface area contributed by atoms with Gasteiger partial charge in [-0.15, -0.1) is 0 Å². The fourth-order valence-electron chi connectivity index (χ4n) is 8.83. The number of para-hydroxylation sites is 4. The van der Waals surface area contributed by atoms with Crippen LogP contribution < -0.4 is 9.80 Å². The maximum atomic E-state index is 6.93. The van der Waals surface area contributed by atoms with Gasteiger partial charge in [0.2, 0.25) is 0 Å². The van der Waals surface area contributed by atoms with E-state index in [4.69, 9.17) is 13.3 Å². The molecular formula is C58H38N2O3. The summed E-state index contributed by atoms with van der Waals surface area (Å²) in [4.78, 5) is 4.52. The Balaban J connectivity index is 0.992. The third kappa shape index (κ3) is 6.51. The number of fused-ring (bicyclic) bond motifs is 7. The number of rotatable bonds is 9. The van der Waals surface area contributed by atoms with E-state index in [1.807, 2.05) is 42.5 Å². The first-order valence-electron chi connectivity index (χ1n) is 21.1. The van der Waals surface area contributed by atoms with E-state index < -0.39 is 0 Å². The highest BCUT2D eigenvalue weighted by atomic mass is 16.4. The number of nitrogens with zero attached hydrogens (tertiary/aromatic N) is 2. The Bertz CT molecular complexity index is 3230. The van der Waals surface area contributed by atoms with E-state index in [0.29, 0.717) is 0 Å². The van der Waals surface area contributed by atoms with Gasteiger partial charge in [-0.2, -0.15) is 0 Å². The van der Waals surface area contributed by atoms with Gasteiger partial charge in [-0.1, -0.05) is 103 Å². The SMILES string of the molecule is c1ccc(-c2cc3cc4c5cc(-c6ccc(N(c7ccccc7)c7ccccc7)cc6)oc5c5cc(-c6ccc(N(c7ccccc7)c7ccccc7)cc6)oc5c4cc3o2)cc1. The Labute approximate surface area is 363 Å². The molecule has 298 valence electrons. The van der Waals surface area contributed by atoms with Crippen molar-refractivity contribution in [3.05, 3.63) is 231 Å². The van der Waals surface area contributed by atoms with E-state index in [1.165, 1.54) is 0 Å². The van der Waals surface area contributed by atoms with Crippen LogP contribution in [-0.4, -0.2) is 0 Å². The van der Waals surface area contributed by atoms with Gasteiger partial charge >= 0.3 is 0 Å². The molecule has 0 atom stereocenters. The van der Waals surface area contributed by atoms with Crippen molar-refractivity contribution >= 4 is 77.8 Å². The Kier molecular flexibility index (Phi) is 8.75. The van der Waals surface area contributed by atoms with Gasteiger partial charge in [-0.05, 0) is 133 Å². The highest BCUT2D eigenvalue weighted by Crippen LogP contribution is 2.45. The molecule has 0 spiro atoms. The van der Waals surface area contributed by atoms with Crippen LogP contribution in [0, 0.1) is 0 Å². The predicted octanol–water partition coefficient (Wildman–Crippen LogP) is 17.0. The predicted molar refractivity (Wildman–Crippen MR) is 259 cm³/mol. The number of hydrogen-bond donors (Lipinski definition) is 0. The molecule has 0 fully saturated rings. The van der Waals surface area contributed by atoms with Crippen LogP contribution in [0.1, 0.15) is 0 Å². The maximum absolute atomic E-state index is 6.93. The molecular weight excluding hydrogens is 773 g/mol. The fourth-order valence-corrected chi connectivity index (χ4v) is 8.83. The molecule has 0 amide bonds. The summed E-state index contributed by atoms with van der Waals surface area (Å²) in [5.74, 6) is 2.36. The van der Waals surface area contributed by atoms with Gasteiger partial charge in [0.25, 0.3) is 0 Å². The summed E-state index contributed by atoms with van der Waals surface area (Å²) in [5, 5.41) is 4.93. The van der Waals surface area contributed by atoms with Crippen LogP contribution in [0.4, 0.5) is 34.1 Å². The lowest BCUT2D eigenvalue weighted by atomic mass is 10.0. The van der Waals surface area contributed by atoms with E-state index in [0.717, 1.165) is 112 Å². The van der Waals surface area contributed by atoms with Gasteiger partial charge in [0, 0.05) is 67.0 Å². The van der Waals surface area contributed by atoms with Gasteiger partial charge in [0.05, 0.1) is 5.39 Å². The van der Waals surface area contributed by atoms with Gasteiger partial charge in [-0.25, -0.2) is 0 Å². The summed E-state index contributed by atoms with van der Waals surface area (Å²) < 4.78 is 20.3. The van der Waals surface area contributed by atoms with Crippen molar-refractivity contribution in [2.45, 2.75) is 0 Å². The minimum absolute atomic E-state index is 0.754. The monoisotopic (exact) mass is 810 g/mol. The largest absolute Gasteiger partial charge is 0.456 e. The van der Waals surface area contributed by atoms with Gasteiger partial charge in [0.15, 0.2) is 0 Å². The molecule has 9 aromatic carbocycles. The number of benzene rings is 9. The molecule has 5 nitrogen and oxygen atoms in total. The molecule has 0 radical (unpaired) electrons. The first kappa shape index (κ1) is 36.3. The molecule has 12 rings (SSSR count). The minimum atomic E-state index is 0.754. The van der Waals surface area contributed by atoms with Crippen molar-refractivity contribution in [1.29, 1.82) is 0 Å². The van der Waals surface area contributed by atoms with Crippen LogP contribution in [0.5, 0.6) is 0 Å². The molecule has 0 N–H and O–H groups in total. The first-order valence-corrected chi connectivity index (χ1v) is 21.1. The second-order valence-electron chi connectivity index (χ2n) is 15.7. The third-order valence-electron chi connectivity index (χ3n) is 11.8. The van der Waals surface area contributed by atoms with E-state index in [1.54, 1.807) is 0 Å². The van der Waals surface area contributed by atoms with Crippen molar-refractivity contribution in [2.75, 3.05) is 9.80 Å². The zero-order chi connectivity index (χ0) is 41.7. The van der Waals surface area contributed by atoms with E-state index >= 15 is 0 Å². The molecule has 5 heteroatoms. The summed E-state index contributed by atoms with van der Waals surface area (Å²) in [6, 6.07) is 79.9. The minimum Gasteiger partial charge on any atom is -0.456 e. The molecule has 12 aromatic rings. The van der Waals surface area contributed by atoms with Crippen molar-refractivity contribution in [3.63, 3.8) is 0 Å². The Hall–Kier alpha value is -8.54. The quantitative estimate of drug-likeness (QED) is 0.145. The second kappa shape index (κ2) is 15.2. The van der Waals surface area contributed by atoms with Crippen LogP contribution in [0.25, 0.3) is 77.7 Å². The molecule has 0 saturated carbocycles. The van der Waals surface area contributed by atoms with Crippen molar-refractivity contribution in [1.82, 2.24) is 0 Å². The molecule has 0 unspecified atom stereocenters. The van der Waals surface area contributed by atoms with Crippen LogP contribution in [-0.2, 0) is 0 Å². The Morgan fingerprint density at radius 1 is 0.254 bits per heavy atom. The van der Waals surface area contributed by atoms with Crippen LogP contribution >= 0.6 is 0 Å². The lowest BCUT2D eigenvalue weighted by Gasteiger charge is -2.25. The van der Waals surface area contributed by atoms with Gasteiger partial charge in [0.1, 0.15) is 34.0 Å². The molecule has 0 bridgehead atoms. The molecule has 0 aliphatic heterocycles. The fraction of sp³-hybridized carbons (Fsp3) is 0. The summed E-state index contributed by atoms with van der Waals surface area (Å²) in [7, 11) is 0. The zero-order valence-electron chi connectivity index (χ0n) is 34.1. The van der Waals surface area contributed by atoms with Crippen LogP contribution in [0.3, 0.4) is 0 Å². The lowest BCUT2D eigenvalue weighted by Crippen LogP contribution is -2.09. The van der Waals surface area contributed by atoms with Gasteiger partial charge in [-0.3, -0.25) is 0 Å². The Morgan fingerprint density at radius 3 is 1.05 bits per heavy atom. The van der Waals surface area contributed by atoms with Crippen molar-refractivity contribution in [2.24, 2.45) is 0 Å². The van der Waals surface area contributed by atoms with E-state index in [9.17, 15) is 0 Å². The lowest BCUT2D eigenvalue weighted by molar-refractivity contribution is 0.627. The summed E-state index contributed by atoms with van der Waals surface area (Å²) in [5.41, 5.74) is 11.8. The zero-order valence-corrected chi connectivity index (χ0v) is 34.1.